The third-order valence-corrected chi connectivity index (χ3v) is 2.97. The van der Waals surface area contributed by atoms with Crippen molar-refractivity contribution in [2.45, 2.75) is 6.92 Å². The zero-order valence-electron chi connectivity index (χ0n) is 8.42. The van der Waals surface area contributed by atoms with Crippen molar-refractivity contribution in [2.75, 3.05) is 18.5 Å². The van der Waals surface area contributed by atoms with Gasteiger partial charge < -0.3 is 10.1 Å². The normalized spacial score (nSPS) is 18.0. The molecule has 0 unspecified atom stereocenters. The predicted octanol–water partition coefficient (Wildman–Crippen LogP) is 2.42. The quantitative estimate of drug-likeness (QED) is 0.896. The van der Waals surface area contributed by atoms with Crippen molar-refractivity contribution in [1.29, 1.82) is 0 Å². The molecule has 0 aliphatic carbocycles. The Morgan fingerprint density at radius 3 is 2.80 bits per heavy atom. The molecule has 1 aromatic carbocycles. The van der Waals surface area contributed by atoms with Gasteiger partial charge in [-0.15, -0.1) is 0 Å². The maximum Gasteiger partial charge on any atom is 0.234 e. The van der Waals surface area contributed by atoms with Crippen LogP contribution < -0.4 is 5.32 Å². The summed E-state index contributed by atoms with van der Waals surface area (Å²) in [6.07, 6.45) is 0. The monoisotopic (exact) mass is 269 g/mol. The number of anilines is 1. The van der Waals surface area contributed by atoms with E-state index >= 15 is 0 Å². The summed E-state index contributed by atoms with van der Waals surface area (Å²) in [6, 6.07) is 7.55. The molecular formula is C11H12BrNO2. The van der Waals surface area contributed by atoms with Crippen LogP contribution in [-0.2, 0) is 9.53 Å². The van der Waals surface area contributed by atoms with E-state index in [-0.39, 0.29) is 11.3 Å². The third-order valence-electron chi connectivity index (χ3n) is 2.47. The molecular weight excluding hydrogens is 258 g/mol. The molecule has 4 heteroatoms. The smallest absolute Gasteiger partial charge is 0.234 e. The van der Waals surface area contributed by atoms with Crippen molar-refractivity contribution in [3.8, 4) is 0 Å². The Hall–Kier alpha value is -0.870. The van der Waals surface area contributed by atoms with Gasteiger partial charge in [0.25, 0.3) is 0 Å². The topological polar surface area (TPSA) is 38.3 Å². The standard InChI is InChI=1S/C11H12BrNO2/c1-11(6-15-7-11)10(14)13-9-4-2-3-8(12)5-9/h2-5H,6-7H2,1H3,(H,13,14). The van der Waals surface area contributed by atoms with Gasteiger partial charge in [-0.1, -0.05) is 22.0 Å². The molecule has 3 nitrogen and oxygen atoms in total. The summed E-state index contributed by atoms with van der Waals surface area (Å²) in [7, 11) is 0. The summed E-state index contributed by atoms with van der Waals surface area (Å²) < 4.78 is 6.00. The molecule has 0 aromatic heterocycles. The van der Waals surface area contributed by atoms with E-state index in [1.807, 2.05) is 31.2 Å². The number of carbonyl (C=O) groups excluding carboxylic acids is 1. The number of halogens is 1. The van der Waals surface area contributed by atoms with Crippen molar-refractivity contribution in [1.82, 2.24) is 0 Å². The molecule has 1 fully saturated rings. The second-order valence-corrected chi connectivity index (χ2v) is 4.93. The molecule has 1 aliphatic rings. The van der Waals surface area contributed by atoms with E-state index in [1.165, 1.54) is 0 Å². The largest absolute Gasteiger partial charge is 0.379 e. The van der Waals surface area contributed by atoms with Gasteiger partial charge in [-0.2, -0.15) is 0 Å². The number of nitrogens with one attached hydrogen (secondary N) is 1. The minimum atomic E-state index is -0.359. The number of carbonyl (C=O) groups is 1. The molecule has 1 aliphatic heterocycles. The maximum absolute atomic E-state index is 11.8. The summed E-state index contributed by atoms with van der Waals surface area (Å²) in [6.45, 7) is 2.92. The van der Waals surface area contributed by atoms with E-state index in [2.05, 4.69) is 21.2 Å². The Bertz CT molecular complexity index is 388. The van der Waals surface area contributed by atoms with Gasteiger partial charge in [-0.25, -0.2) is 0 Å². The first-order chi connectivity index (χ1) is 7.10. The second kappa shape index (κ2) is 3.94. The maximum atomic E-state index is 11.8. The number of ether oxygens (including phenoxy) is 1. The number of benzene rings is 1. The zero-order valence-corrected chi connectivity index (χ0v) is 10.0. The molecule has 0 bridgehead atoms. The molecule has 0 radical (unpaired) electrons. The molecule has 1 heterocycles. The first-order valence-corrected chi connectivity index (χ1v) is 5.54. The van der Waals surface area contributed by atoms with Gasteiger partial charge in [-0.3, -0.25) is 4.79 Å². The Morgan fingerprint density at radius 1 is 1.53 bits per heavy atom. The van der Waals surface area contributed by atoms with Crippen LogP contribution in [-0.4, -0.2) is 19.1 Å². The fraction of sp³-hybridized carbons (Fsp3) is 0.364. The van der Waals surface area contributed by atoms with E-state index in [0.717, 1.165) is 10.2 Å². The molecule has 15 heavy (non-hydrogen) atoms. The lowest BCUT2D eigenvalue weighted by molar-refractivity contribution is -0.151. The van der Waals surface area contributed by atoms with Gasteiger partial charge in [0.05, 0.1) is 18.6 Å². The molecule has 1 saturated heterocycles. The van der Waals surface area contributed by atoms with Crippen molar-refractivity contribution in [2.24, 2.45) is 5.41 Å². The Balaban J connectivity index is 2.06. The highest BCUT2D eigenvalue weighted by Crippen LogP contribution is 2.28. The predicted molar refractivity (Wildman–Crippen MR) is 61.7 cm³/mol. The highest BCUT2D eigenvalue weighted by Gasteiger charge is 2.40. The Morgan fingerprint density at radius 2 is 2.27 bits per heavy atom. The van der Waals surface area contributed by atoms with Crippen LogP contribution in [0, 0.1) is 5.41 Å². The lowest BCUT2D eigenvalue weighted by atomic mass is 9.87. The van der Waals surface area contributed by atoms with Crippen LogP contribution in [0.3, 0.4) is 0 Å². The molecule has 1 N–H and O–H groups in total. The van der Waals surface area contributed by atoms with Crippen LogP contribution in [0.15, 0.2) is 28.7 Å². The van der Waals surface area contributed by atoms with Crippen LogP contribution in [0.5, 0.6) is 0 Å². The van der Waals surface area contributed by atoms with Crippen LogP contribution in [0.2, 0.25) is 0 Å². The number of amides is 1. The number of rotatable bonds is 2. The second-order valence-electron chi connectivity index (χ2n) is 4.02. The zero-order chi connectivity index (χ0) is 10.9. The van der Waals surface area contributed by atoms with Crippen LogP contribution in [0.4, 0.5) is 5.69 Å². The summed E-state index contributed by atoms with van der Waals surface area (Å²) in [5, 5.41) is 2.88. The fourth-order valence-electron chi connectivity index (χ4n) is 1.39. The summed E-state index contributed by atoms with van der Waals surface area (Å²) in [4.78, 5) is 11.8. The molecule has 1 amide bonds. The van der Waals surface area contributed by atoms with E-state index in [1.54, 1.807) is 0 Å². The van der Waals surface area contributed by atoms with E-state index in [4.69, 9.17) is 4.74 Å². The van der Waals surface area contributed by atoms with Gasteiger partial charge in [0.15, 0.2) is 0 Å². The van der Waals surface area contributed by atoms with Crippen molar-refractivity contribution >= 4 is 27.5 Å². The van der Waals surface area contributed by atoms with Gasteiger partial charge in [0, 0.05) is 10.2 Å². The molecule has 0 spiro atoms. The lowest BCUT2D eigenvalue weighted by Gasteiger charge is -2.36. The van der Waals surface area contributed by atoms with Gasteiger partial charge >= 0.3 is 0 Å². The Kier molecular flexibility index (Phi) is 2.80. The Labute approximate surface area is 96.9 Å². The minimum absolute atomic E-state index is 0.0202. The summed E-state index contributed by atoms with van der Waals surface area (Å²) >= 11 is 3.36. The molecule has 80 valence electrons. The minimum Gasteiger partial charge on any atom is -0.379 e. The van der Waals surface area contributed by atoms with Crippen LogP contribution >= 0.6 is 15.9 Å². The highest BCUT2D eigenvalue weighted by atomic mass is 79.9. The van der Waals surface area contributed by atoms with Crippen molar-refractivity contribution in [3.05, 3.63) is 28.7 Å². The van der Waals surface area contributed by atoms with E-state index < -0.39 is 0 Å². The third kappa shape index (κ3) is 2.21. The average Bonchev–Trinajstić information content (AvgIpc) is 2.14. The summed E-state index contributed by atoms with van der Waals surface area (Å²) in [5.41, 5.74) is 0.449. The highest BCUT2D eigenvalue weighted by molar-refractivity contribution is 9.10. The number of hydrogen-bond donors (Lipinski definition) is 1. The number of hydrogen-bond acceptors (Lipinski definition) is 2. The van der Waals surface area contributed by atoms with Gasteiger partial charge in [-0.05, 0) is 25.1 Å². The van der Waals surface area contributed by atoms with E-state index in [0.29, 0.717) is 13.2 Å². The molecule has 0 saturated carbocycles. The van der Waals surface area contributed by atoms with Crippen molar-refractivity contribution in [3.63, 3.8) is 0 Å². The SMILES string of the molecule is CC1(C(=O)Nc2cccc(Br)c2)COC1. The molecule has 1 aromatic rings. The van der Waals surface area contributed by atoms with Gasteiger partial charge in [0.2, 0.25) is 5.91 Å². The molecule has 0 atom stereocenters. The van der Waals surface area contributed by atoms with E-state index in [9.17, 15) is 4.79 Å². The van der Waals surface area contributed by atoms with Crippen LogP contribution in [0.25, 0.3) is 0 Å². The fourth-order valence-corrected chi connectivity index (χ4v) is 1.79. The lowest BCUT2D eigenvalue weighted by Crippen LogP contribution is -2.49. The average molecular weight is 270 g/mol. The summed E-state index contributed by atoms with van der Waals surface area (Å²) in [5.74, 6) is 0.0202. The molecule has 2 rings (SSSR count). The van der Waals surface area contributed by atoms with Crippen molar-refractivity contribution < 1.29 is 9.53 Å². The van der Waals surface area contributed by atoms with Crippen LogP contribution in [0.1, 0.15) is 6.92 Å². The first-order valence-electron chi connectivity index (χ1n) is 4.75. The van der Waals surface area contributed by atoms with Gasteiger partial charge in [0.1, 0.15) is 0 Å². The first kappa shape index (κ1) is 10.6.